The van der Waals surface area contributed by atoms with Crippen LogP contribution in [-0.4, -0.2) is 35.6 Å². The number of alkyl halides is 3. The zero-order chi connectivity index (χ0) is 28.2. The molecule has 1 N–H and O–H groups in total. The Balaban J connectivity index is 1.46. The molecule has 39 heavy (non-hydrogen) atoms. The van der Waals surface area contributed by atoms with Crippen LogP contribution in [0, 0.1) is 0 Å². The van der Waals surface area contributed by atoms with E-state index in [1.165, 1.54) is 13.2 Å². The third kappa shape index (κ3) is 7.01. The molecule has 12 heteroatoms. The van der Waals surface area contributed by atoms with Gasteiger partial charge in [0.1, 0.15) is 24.7 Å². The number of carbonyl (C=O) groups excluding carboxylic acids is 3. The number of thioether (sulfide) groups is 1. The third-order valence-corrected chi connectivity index (χ3v) is 6.93. The fourth-order valence-corrected chi connectivity index (χ4v) is 4.66. The molecule has 0 unspecified atom stereocenters. The van der Waals surface area contributed by atoms with E-state index in [0.29, 0.717) is 23.1 Å². The van der Waals surface area contributed by atoms with Gasteiger partial charge in [-0.3, -0.25) is 19.3 Å². The number of hydrogen-bond donors (Lipinski definition) is 1. The third-order valence-electron chi connectivity index (χ3n) is 5.49. The second-order valence-electron chi connectivity index (χ2n) is 8.18. The molecule has 4 rings (SSSR count). The van der Waals surface area contributed by atoms with E-state index in [1.54, 1.807) is 24.3 Å². The van der Waals surface area contributed by atoms with Crippen molar-refractivity contribution in [3.63, 3.8) is 0 Å². The predicted molar refractivity (Wildman–Crippen MR) is 144 cm³/mol. The number of para-hydroxylation sites is 1. The number of nitrogens with one attached hydrogen (secondary N) is 1. The number of halogens is 4. The van der Waals surface area contributed by atoms with Gasteiger partial charge in [0, 0.05) is 10.0 Å². The lowest BCUT2D eigenvalue weighted by Gasteiger charge is -2.16. The number of rotatable bonds is 8. The Morgan fingerprint density at radius 2 is 1.77 bits per heavy atom. The number of ether oxygens (including phenoxy) is 2. The minimum absolute atomic E-state index is 0.00914. The normalized spacial score (nSPS) is 14.6. The van der Waals surface area contributed by atoms with E-state index in [4.69, 9.17) is 9.47 Å². The number of methoxy groups -OCH3 is 1. The SMILES string of the molecule is COc1ccc(C(F)(F)F)cc1NC(=O)CN1C(=O)S/C(=C\c2ccccc2OCc2ccc(Br)cc2)C1=O. The van der Waals surface area contributed by atoms with Crippen molar-refractivity contribution in [2.75, 3.05) is 19.0 Å². The fraction of sp³-hybridized carbons (Fsp3) is 0.148. The summed E-state index contributed by atoms with van der Waals surface area (Å²) in [6.45, 7) is -0.415. The van der Waals surface area contributed by atoms with E-state index >= 15 is 0 Å². The zero-order valence-electron chi connectivity index (χ0n) is 20.3. The lowest BCUT2D eigenvalue weighted by Crippen LogP contribution is -2.36. The van der Waals surface area contributed by atoms with Gasteiger partial charge < -0.3 is 14.8 Å². The number of anilines is 1. The first-order chi connectivity index (χ1) is 18.5. The number of imide groups is 1. The standard InChI is InChI=1S/C27H20BrF3N2O5S/c1-37-22-11-8-18(27(29,30)31)13-20(22)32-24(34)14-33-25(35)23(39-26(33)36)12-17-4-2-3-5-21(17)38-15-16-6-9-19(28)10-7-16/h2-13H,14-15H2,1H3,(H,32,34)/b23-12-. The Hall–Kier alpha value is -3.77. The lowest BCUT2D eigenvalue weighted by molar-refractivity contribution is -0.137. The summed E-state index contributed by atoms with van der Waals surface area (Å²) in [5.74, 6) is -1.10. The van der Waals surface area contributed by atoms with Crippen molar-refractivity contribution in [3.05, 3.63) is 92.8 Å². The van der Waals surface area contributed by atoms with Crippen LogP contribution in [0.25, 0.3) is 6.08 Å². The molecule has 1 heterocycles. The first-order valence-electron chi connectivity index (χ1n) is 11.3. The van der Waals surface area contributed by atoms with E-state index in [9.17, 15) is 27.6 Å². The van der Waals surface area contributed by atoms with Gasteiger partial charge in [-0.05, 0) is 59.8 Å². The molecule has 0 aromatic heterocycles. The van der Waals surface area contributed by atoms with E-state index in [2.05, 4.69) is 21.2 Å². The molecular formula is C27H20BrF3N2O5S. The van der Waals surface area contributed by atoms with E-state index in [-0.39, 0.29) is 22.9 Å². The molecule has 1 fully saturated rings. The van der Waals surface area contributed by atoms with Gasteiger partial charge in [-0.15, -0.1) is 0 Å². The molecule has 0 radical (unpaired) electrons. The topological polar surface area (TPSA) is 84.9 Å². The Morgan fingerprint density at radius 1 is 1.05 bits per heavy atom. The first-order valence-corrected chi connectivity index (χ1v) is 12.9. The predicted octanol–water partition coefficient (Wildman–Crippen LogP) is 6.73. The summed E-state index contributed by atoms with van der Waals surface area (Å²) < 4.78 is 51.2. The van der Waals surface area contributed by atoms with Gasteiger partial charge >= 0.3 is 6.18 Å². The van der Waals surface area contributed by atoms with E-state index in [1.807, 2.05) is 24.3 Å². The number of benzene rings is 3. The largest absolute Gasteiger partial charge is 0.495 e. The Bertz CT molecular complexity index is 1440. The number of amides is 3. The summed E-state index contributed by atoms with van der Waals surface area (Å²) in [5.41, 5.74) is 0.250. The monoisotopic (exact) mass is 620 g/mol. The summed E-state index contributed by atoms with van der Waals surface area (Å²) in [7, 11) is 1.24. The first kappa shape index (κ1) is 28.2. The van der Waals surface area contributed by atoms with E-state index < -0.39 is 35.3 Å². The van der Waals surface area contributed by atoms with Gasteiger partial charge in [-0.25, -0.2) is 0 Å². The molecule has 7 nitrogen and oxygen atoms in total. The smallest absolute Gasteiger partial charge is 0.416 e. The van der Waals surface area contributed by atoms with Crippen LogP contribution in [0.4, 0.5) is 23.7 Å². The highest BCUT2D eigenvalue weighted by atomic mass is 79.9. The molecule has 3 aromatic rings. The summed E-state index contributed by atoms with van der Waals surface area (Å²) >= 11 is 4.03. The van der Waals surface area contributed by atoms with Crippen LogP contribution < -0.4 is 14.8 Å². The van der Waals surface area contributed by atoms with Crippen molar-refractivity contribution < 1.29 is 37.0 Å². The highest BCUT2D eigenvalue weighted by Gasteiger charge is 2.37. The van der Waals surface area contributed by atoms with Gasteiger partial charge in [-0.2, -0.15) is 13.2 Å². The van der Waals surface area contributed by atoms with Crippen LogP contribution in [0.3, 0.4) is 0 Å². The Kier molecular flexibility index (Phi) is 8.66. The highest BCUT2D eigenvalue weighted by molar-refractivity contribution is 9.10. The van der Waals surface area contributed by atoms with Gasteiger partial charge in [0.15, 0.2) is 0 Å². The number of carbonyl (C=O) groups is 3. The summed E-state index contributed by atoms with van der Waals surface area (Å²) in [6.07, 6.45) is -3.14. The average Bonchev–Trinajstić information content (AvgIpc) is 3.15. The van der Waals surface area contributed by atoms with Crippen LogP contribution in [0.2, 0.25) is 0 Å². The fourth-order valence-electron chi connectivity index (χ4n) is 3.57. The molecule has 0 saturated carbocycles. The second-order valence-corrected chi connectivity index (χ2v) is 10.1. The van der Waals surface area contributed by atoms with Crippen LogP contribution >= 0.6 is 27.7 Å². The number of nitrogens with zero attached hydrogens (tertiary/aromatic N) is 1. The summed E-state index contributed by atoms with van der Waals surface area (Å²) in [6, 6.07) is 17.1. The van der Waals surface area contributed by atoms with Crippen molar-refractivity contribution in [1.29, 1.82) is 0 Å². The molecule has 1 aliphatic rings. The highest BCUT2D eigenvalue weighted by Crippen LogP contribution is 2.36. The molecule has 202 valence electrons. The molecule has 0 aliphatic carbocycles. The van der Waals surface area contributed by atoms with Gasteiger partial charge in [-0.1, -0.05) is 46.3 Å². The molecule has 0 bridgehead atoms. The average molecular weight is 621 g/mol. The Morgan fingerprint density at radius 3 is 2.46 bits per heavy atom. The molecular weight excluding hydrogens is 601 g/mol. The summed E-state index contributed by atoms with van der Waals surface area (Å²) in [4.78, 5) is 38.9. The minimum Gasteiger partial charge on any atom is -0.495 e. The maximum atomic E-state index is 13.1. The molecule has 0 spiro atoms. The molecule has 3 amide bonds. The number of hydrogen-bond acceptors (Lipinski definition) is 6. The Labute approximate surface area is 234 Å². The van der Waals surface area contributed by atoms with Crippen LogP contribution in [0.1, 0.15) is 16.7 Å². The van der Waals surface area contributed by atoms with Gasteiger partial charge in [0.2, 0.25) is 5.91 Å². The van der Waals surface area contributed by atoms with Crippen molar-refractivity contribution in [1.82, 2.24) is 4.90 Å². The molecule has 1 aliphatic heterocycles. The lowest BCUT2D eigenvalue weighted by atomic mass is 10.1. The second kappa shape index (κ2) is 12.0. The van der Waals surface area contributed by atoms with Crippen molar-refractivity contribution in [2.45, 2.75) is 12.8 Å². The van der Waals surface area contributed by atoms with Crippen LogP contribution in [0.5, 0.6) is 11.5 Å². The van der Waals surface area contributed by atoms with Gasteiger partial charge in [0.25, 0.3) is 11.1 Å². The molecule has 0 atom stereocenters. The zero-order valence-corrected chi connectivity index (χ0v) is 22.7. The van der Waals surface area contributed by atoms with Gasteiger partial charge in [0.05, 0.1) is 23.3 Å². The van der Waals surface area contributed by atoms with Crippen molar-refractivity contribution in [3.8, 4) is 11.5 Å². The maximum absolute atomic E-state index is 13.1. The summed E-state index contributed by atoms with van der Waals surface area (Å²) in [5, 5.41) is 1.60. The van der Waals surface area contributed by atoms with Crippen LogP contribution in [0.15, 0.2) is 76.1 Å². The van der Waals surface area contributed by atoms with E-state index in [0.717, 1.165) is 33.1 Å². The molecule has 3 aromatic carbocycles. The minimum atomic E-state index is -4.64. The van der Waals surface area contributed by atoms with Crippen molar-refractivity contribution >= 4 is 56.5 Å². The molecule has 1 saturated heterocycles. The quantitative estimate of drug-likeness (QED) is 0.281. The maximum Gasteiger partial charge on any atom is 0.416 e. The van der Waals surface area contributed by atoms with Crippen molar-refractivity contribution in [2.24, 2.45) is 0 Å². The van der Waals surface area contributed by atoms with Crippen LogP contribution in [-0.2, 0) is 22.4 Å².